The van der Waals surface area contributed by atoms with E-state index in [0.29, 0.717) is 23.8 Å². The van der Waals surface area contributed by atoms with E-state index in [-0.39, 0.29) is 5.97 Å². The predicted octanol–water partition coefficient (Wildman–Crippen LogP) is 2.17. The summed E-state index contributed by atoms with van der Waals surface area (Å²) in [6, 6.07) is 0. The molecule has 0 aromatic rings. The van der Waals surface area contributed by atoms with E-state index in [9.17, 15) is 13.2 Å². The van der Waals surface area contributed by atoms with E-state index >= 15 is 0 Å². The van der Waals surface area contributed by atoms with E-state index in [1.54, 1.807) is 6.92 Å². The molecule has 0 N–H and O–H groups in total. The number of carbonyl (C=O) groups excluding carboxylic acids is 1. The molecule has 0 spiro atoms. The maximum atomic E-state index is 11.9. The molecule has 118 valence electrons. The highest BCUT2D eigenvalue weighted by atomic mass is 32.2. The third-order valence-electron chi connectivity index (χ3n) is 4.94. The first-order valence-electron chi connectivity index (χ1n) is 7.40. The molecule has 2 atom stereocenters. The lowest BCUT2D eigenvalue weighted by Crippen LogP contribution is -2.61. The first-order valence-corrected chi connectivity index (χ1v) is 9.22. The molecule has 0 aliphatic heterocycles. The quantitative estimate of drug-likeness (QED) is 0.452. The summed E-state index contributed by atoms with van der Waals surface area (Å²) in [5, 5.41) is 0. The molecule has 4 bridgehead atoms. The van der Waals surface area contributed by atoms with E-state index < -0.39 is 21.3 Å². The predicted molar refractivity (Wildman–Crippen MR) is 77.0 cm³/mol. The molecule has 0 heterocycles. The zero-order valence-electron chi connectivity index (χ0n) is 12.6. The molecule has 0 amide bonds. The highest BCUT2D eigenvalue weighted by molar-refractivity contribution is 7.86. The fourth-order valence-electron chi connectivity index (χ4n) is 4.92. The lowest BCUT2D eigenvalue weighted by molar-refractivity contribution is -0.209. The molecule has 4 saturated carbocycles. The summed E-state index contributed by atoms with van der Waals surface area (Å²) in [7, 11) is -3.52. The van der Waals surface area contributed by atoms with Gasteiger partial charge >= 0.3 is 5.97 Å². The van der Waals surface area contributed by atoms with Gasteiger partial charge in [0.05, 0.1) is 11.9 Å². The minimum atomic E-state index is -3.52. The molecular formula is C15H22O5S. The Labute approximate surface area is 125 Å². The van der Waals surface area contributed by atoms with Crippen LogP contribution in [0.4, 0.5) is 0 Å². The second-order valence-corrected chi connectivity index (χ2v) is 8.86. The van der Waals surface area contributed by atoms with Gasteiger partial charge in [0.15, 0.2) is 0 Å². The molecule has 4 rings (SSSR count). The van der Waals surface area contributed by atoms with Crippen LogP contribution in [-0.4, -0.2) is 31.8 Å². The normalized spacial score (nSPS) is 41.0. The van der Waals surface area contributed by atoms with Gasteiger partial charge in [0.2, 0.25) is 0 Å². The largest absolute Gasteiger partial charge is 0.456 e. The summed E-state index contributed by atoms with van der Waals surface area (Å²) in [5.41, 5.74) is -0.860. The summed E-state index contributed by atoms with van der Waals surface area (Å²) in [4.78, 5) is 11.9. The van der Waals surface area contributed by atoms with Crippen LogP contribution in [-0.2, 0) is 23.8 Å². The summed E-state index contributed by atoms with van der Waals surface area (Å²) < 4.78 is 34.4. The van der Waals surface area contributed by atoms with Gasteiger partial charge in [0.1, 0.15) is 5.60 Å². The van der Waals surface area contributed by atoms with Crippen LogP contribution >= 0.6 is 0 Å². The number of hydrogen-bond donors (Lipinski definition) is 0. The summed E-state index contributed by atoms with van der Waals surface area (Å²) >= 11 is 0. The van der Waals surface area contributed by atoms with E-state index in [1.165, 1.54) is 0 Å². The van der Waals surface area contributed by atoms with Crippen molar-refractivity contribution in [2.75, 3.05) is 6.26 Å². The maximum absolute atomic E-state index is 11.9. The lowest BCUT2D eigenvalue weighted by atomic mass is 9.52. The van der Waals surface area contributed by atoms with Crippen molar-refractivity contribution in [2.45, 2.75) is 56.7 Å². The molecule has 2 unspecified atom stereocenters. The average molecular weight is 314 g/mol. The number of hydrogen-bond acceptors (Lipinski definition) is 5. The second-order valence-electron chi connectivity index (χ2n) is 7.28. The maximum Gasteiger partial charge on any atom is 0.333 e. The first-order chi connectivity index (χ1) is 9.61. The Morgan fingerprint density at radius 2 is 1.67 bits per heavy atom. The van der Waals surface area contributed by atoms with Crippen molar-refractivity contribution in [3.63, 3.8) is 0 Å². The molecule has 4 fully saturated rings. The average Bonchev–Trinajstić information content (AvgIpc) is 2.21. The van der Waals surface area contributed by atoms with E-state index in [4.69, 9.17) is 8.92 Å². The van der Waals surface area contributed by atoms with Gasteiger partial charge in [-0.25, -0.2) is 4.79 Å². The van der Waals surface area contributed by atoms with Gasteiger partial charge in [-0.3, -0.25) is 4.18 Å². The molecule has 6 heteroatoms. The van der Waals surface area contributed by atoms with Gasteiger partial charge in [-0.1, -0.05) is 6.58 Å². The monoisotopic (exact) mass is 314 g/mol. The Kier molecular flexibility index (Phi) is 3.26. The third kappa shape index (κ3) is 2.88. The number of ether oxygens (including phenoxy) is 1. The Morgan fingerprint density at radius 3 is 2.14 bits per heavy atom. The van der Waals surface area contributed by atoms with E-state index in [0.717, 1.165) is 38.4 Å². The molecule has 21 heavy (non-hydrogen) atoms. The van der Waals surface area contributed by atoms with Crippen LogP contribution < -0.4 is 0 Å². The Balaban J connectivity index is 1.88. The van der Waals surface area contributed by atoms with Crippen molar-refractivity contribution in [3.8, 4) is 0 Å². The second kappa shape index (κ2) is 4.56. The Morgan fingerprint density at radius 1 is 1.14 bits per heavy atom. The topological polar surface area (TPSA) is 69.7 Å². The molecule has 5 nitrogen and oxygen atoms in total. The first kappa shape index (κ1) is 15.0. The zero-order chi connectivity index (χ0) is 15.5. The van der Waals surface area contributed by atoms with Gasteiger partial charge in [-0.15, -0.1) is 0 Å². The molecule has 4 aliphatic carbocycles. The van der Waals surface area contributed by atoms with Crippen LogP contribution in [0.15, 0.2) is 12.2 Å². The number of esters is 1. The van der Waals surface area contributed by atoms with Crippen molar-refractivity contribution in [3.05, 3.63) is 12.2 Å². The minimum Gasteiger partial charge on any atom is -0.456 e. The van der Waals surface area contributed by atoms with Crippen LogP contribution in [0.2, 0.25) is 0 Å². The van der Waals surface area contributed by atoms with Crippen molar-refractivity contribution >= 4 is 16.1 Å². The van der Waals surface area contributed by atoms with E-state index in [1.807, 2.05) is 0 Å². The smallest absolute Gasteiger partial charge is 0.333 e. The Bertz CT molecular complexity index is 577. The number of rotatable bonds is 4. The Hall–Kier alpha value is -0.880. The van der Waals surface area contributed by atoms with Gasteiger partial charge < -0.3 is 4.74 Å². The zero-order valence-corrected chi connectivity index (χ0v) is 13.4. The van der Waals surface area contributed by atoms with E-state index in [2.05, 4.69) is 6.58 Å². The fraction of sp³-hybridized carbons (Fsp3) is 0.800. The minimum absolute atomic E-state index is 0.379. The molecular weight excluding hydrogens is 292 g/mol. The molecule has 0 saturated heterocycles. The molecule has 0 radical (unpaired) electrons. The molecule has 0 aromatic carbocycles. The highest BCUT2D eigenvalue weighted by Gasteiger charge is 2.61. The lowest BCUT2D eigenvalue weighted by Gasteiger charge is -2.60. The van der Waals surface area contributed by atoms with Gasteiger partial charge in [0, 0.05) is 12.0 Å². The van der Waals surface area contributed by atoms with Gasteiger partial charge in [-0.05, 0) is 50.9 Å². The SMILES string of the molecule is C=C(C)C(=O)OC12CC3CC(C1)CC(OS(C)(=O)=O)(C3)C2. The van der Waals surface area contributed by atoms with Crippen LogP contribution in [0.5, 0.6) is 0 Å². The van der Waals surface area contributed by atoms with Gasteiger partial charge in [0.25, 0.3) is 10.1 Å². The van der Waals surface area contributed by atoms with Crippen molar-refractivity contribution in [1.29, 1.82) is 0 Å². The van der Waals surface area contributed by atoms with Crippen LogP contribution in [0, 0.1) is 11.8 Å². The van der Waals surface area contributed by atoms with Crippen molar-refractivity contribution < 1.29 is 22.1 Å². The standard InChI is InChI=1S/C15H22O5S/c1-10(2)13(16)19-14-5-11-4-12(6-14)8-15(7-11,9-14)20-21(3,17)18/h11-12H,1,4-9H2,2-3H3. The van der Waals surface area contributed by atoms with Crippen LogP contribution in [0.1, 0.15) is 45.4 Å². The van der Waals surface area contributed by atoms with Crippen molar-refractivity contribution in [1.82, 2.24) is 0 Å². The molecule has 4 aliphatic rings. The van der Waals surface area contributed by atoms with Gasteiger partial charge in [-0.2, -0.15) is 8.42 Å². The molecule has 0 aromatic heterocycles. The van der Waals surface area contributed by atoms with Crippen LogP contribution in [0.25, 0.3) is 0 Å². The highest BCUT2D eigenvalue weighted by Crippen LogP contribution is 2.60. The van der Waals surface area contributed by atoms with Crippen molar-refractivity contribution in [2.24, 2.45) is 11.8 Å². The summed E-state index contributed by atoms with van der Waals surface area (Å²) in [6.45, 7) is 5.26. The fourth-order valence-corrected chi connectivity index (χ4v) is 5.75. The summed E-state index contributed by atoms with van der Waals surface area (Å²) in [5.74, 6) is 0.378. The van der Waals surface area contributed by atoms with Crippen LogP contribution in [0.3, 0.4) is 0 Å². The third-order valence-corrected chi connectivity index (χ3v) is 5.60. The number of carbonyl (C=O) groups is 1. The summed E-state index contributed by atoms with van der Waals surface area (Å²) in [6.07, 6.45) is 5.80.